The van der Waals surface area contributed by atoms with Crippen molar-refractivity contribution in [2.45, 2.75) is 45.6 Å². The van der Waals surface area contributed by atoms with E-state index >= 15 is 0 Å². The summed E-state index contributed by atoms with van der Waals surface area (Å²) >= 11 is 0. The lowest BCUT2D eigenvalue weighted by atomic mass is 9.99. The Morgan fingerprint density at radius 3 is 2.76 bits per heavy atom. The Kier molecular flexibility index (Phi) is 7.62. The second kappa shape index (κ2) is 8.70. The average Bonchev–Trinajstić information content (AvgIpc) is 2.45. The topological polar surface area (TPSA) is 75.7 Å². The fraction of sp³-hybridized carbons (Fsp3) is 0.929. The van der Waals surface area contributed by atoms with Gasteiger partial charge < -0.3 is 10.1 Å². The fourth-order valence-electron chi connectivity index (χ4n) is 2.48. The first kappa shape index (κ1) is 18.4. The highest BCUT2D eigenvalue weighted by Crippen LogP contribution is 2.19. The molecule has 1 aliphatic rings. The van der Waals surface area contributed by atoms with Gasteiger partial charge in [0.1, 0.15) is 0 Å². The van der Waals surface area contributed by atoms with Crippen molar-refractivity contribution < 1.29 is 17.9 Å². The van der Waals surface area contributed by atoms with Crippen LogP contribution in [0.15, 0.2) is 0 Å². The van der Waals surface area contributed by atoms with Gasteiger partial charge in [-0.2, -0.15) is 0 Å². The summed E-state index contributed by atoms with van der Waals surface area (Å²) in [5.74, 6) is 0.0336. The minimum Gasteiger partial charge on any atom is -0.469 e. The molecule has 124 valence electrons. The van der Waals surface area contributed by atoms with Gasteiger partial charge in [0.25, 0.3) is 0 Å². The summed E-state index contributed by atoms with van der Waals surface area (Å²) in [6, 6.07) is 0.414. The summed E-state index contributed by atoms with van der Waals surface area (Å²) in [5.41, 5.74) is 0. The van der Waals surface area contributed by atoms with E-state index in [0.717, 1.165) is 19.4 Å². The first-order chi connectivity index (χ1) is 9.85. The summed E-state index contributed by atoms with van der Waals surface area (Å²) in [6.45, 7) is 6.21. The molecule has 1 atom stereocenters. The van der Waals surface area contributed by atoms with E-state index in [2.05, 4.69) is 23.9 Å². The minimum atomic E-state index is -3.26. The molecule has 1 N–H and O–H groups in total. The van der Waals surface area contributed by atoms with E-state index in [9.17, 15) is 13.2 Å². The Balaban J connectivity index is 2.44. The van der Waals surface area contributed by atoms with Crippen LogP contribution in [0.1, 0.15) is 39.5 Å². The maximum Gasteiger partial charge on any atom is 0.305 e. The molecular weight excluding hydrogens is 292 g/mol. The number of piperidine rings is 1. The van der Waals surface area contributed by atoms with Crippen molar-refractivity contribution in [1.82, 2.24) is 9.62 Å². The van der Waals surface area contributed by atoms with E-state index in [-0.39, 0.29) is 18.1 Å². The fourth-order valence-corrected chi connectivity index (χ4v) is 4.09. The lowest BCUT2D eigenvalue weighted by molar-refractivity contribution is -0.140. The monoisotopic (exact) mass is 320 g/mol. The Bertz CT molecular complexity index is 423. The van der Waals surface area contributed by atoms with Crippen molar-refractivity contribution in [2.75, 3.05) is 32.5 Å². The second-order valence-electron chi connectivity index (χ2n) is 5.92. The van der Waals surface area contributed by atoms with E-state index in [0.29, 0.717) is 31.5 Å². The van der Waals surface area contributed by atoms with Crippen molar-refractivity contribution >= 4 is 16.0 Å². The Hall–Kier alpha value is -0.660. The number of nitrogens with zero attached hydrogens (tertiary/aromatic N) is 1. The first-order valence-electron chi connectivity index (χ1n) is 7.63. The third kappa shape index (κ3) is 6.76. The van der Waals surface area contributed by atoms with Gasteiger partial charge in [0.2, 0.25) is 10.0 Å². The third-order valence-corrected chi connectivity index (χ3v) is 5.62. The molecule has 0 saturated carbocycles. The molecule has 6 nitrogen and oxygen atoms in total. The van der Waals surface area contributed by atoms with Crippen LogP contribution in [0.2, 0.25) is 0 Å². The van der Waals surface area contributed by atoms with E-state index in [4.69, 9.17) is 0 Å². The number of hydrogen-bond donors (Lipinski definition) is 1. The molecule has 1 unspecified atom stereocenters. The largest absolute Gasteiger partial charge is 0.469 e. The molecule has 0 spiro atoms. The number of sulfonamides is 1. The highest BCUT2D eigenvalue weighted by Gasteiger charge is 2.28. The third-order valence-electron chi connectivity index (χ3n) is 3.70. The van der Waals surface area contributed by atoms with Gasteiger partial charge in [0, 0.05) is 25.6 Å². The number of esters is 1. The van der Waals surface area contributed by atoms with Crippen molar-refractivity contribution in [3.05, 3.63) is 0 Å². The zero-order valence-electron chi connectivity index (χ0n) is 13.3. The predicted octanol–water partition coefficient (Wildman–Crippen LogP) is 0.979. The quantitative estimate of drug-likeness (QED) is 0.675. The molecule has 7 heteroatoms. The number of carbonyl (C=O) groups excluding carboxylic acids is 1. The molecule has 1 rings (SSSR count). The maximum absolute atomic E-state index is 12.3. The van der Waals surface area contributed by atoms with Gasteiger partial charge in [-0.15, -0.1) is 0 Å². The number of rotatable bonds is 8. The van der Waals surface area contributed by atoms with Crippen molar-refractivity contribution in [3.8, 4) is 0 Å². The van der Waals surface area contributed by atoms with Gasteiger partial charge in [0.15, 0.2) is 0 Å². The highest BCUT2D eigenvalue weighted by atomic mass is 32.2. The molecule has 0 aliphatic carbocycles. The second-order valence-corrected chi connectivity index (χ2v) is 8.01. The van der Waals surface area contributed by atoms with Crippen molar-refractivity contribution in [1.29, 1.82) is 0 Å². The normalized spacial score (nSPS) is 20.7. The molecule has 1 saturated heterocycles. The summed E-state index contributed by atoms with van der Waals surface area (Å²) < 4.78 is 30.7. The van der Waals surface area contributed by atoms with E-state index in [1.807, 2.05) is 0 Å². The predicted molar refractivity (Wildman–Crippen MR) is 82.5 cm³/mol. The highest BCUT2D eigenvalue weighted by molar-refractivity contribution is 7.89. The van der Waals surface area contributed by atoms with Crippen molar-refractivity contribution in [2.24, 2.45) is 5.92 Å². The molecule has 0 aromatic rings. The molecule has 1 heterocycles. The number of ether oxygens (including phenoxy) is 1. The van der Waals surface area contributed by atoms with Crippen LogP contribution in [0.5, 0.6) is 0 Å². The average molecular weight is 320 g/mol. The standard InChI is InChI=1S/C14H28N2O4S/c1-12(2)15-10-13-6-4-8-16(11-13)21(18,19)9-5-7-14(17)20-3/h12-13,15H,4-11H2,1-3H3. The Labute approximate surface area is 128 Å². The number of carbonyl (C=O) groups is 1. The lowest BCUT2D eigenvalue weighted by Gasteiger charge is -2.32. The smallest absolute Gasteiger partial charge is 0.305 e. The van der Waals surface area contributed by atoms with Gasteiger partial charge in [-0.3, -0.25) is 4.79 Å². The van der Waals surface area contributed by atoms with Crippen LogP contribution in [0.3, 0.4) is 0 Å². The number of hydrogen-bond acceptors (Lipinski definition) is 5. The van der Waals surface area contributed by atoms with Crippen LogP contribution in [0.4, 0.5) is 0 Å². The molecule has 1 aliphatic heterocycles. The summed E-state index contributed by atoms with van der Waals surface area (Å²) in [5, 5.41) is 3.37. The number of methoxy groups -OCH3 is 1. The van der Waals surface area contributed by atoms with Crippen LogP contribution >= 0.6 is 0 Å². The van der Waals surface area contributed by atoms with Crippen LogP contribution in [0, 0.1) is 5.92 Å². The molecule has 0 amide bonds. The van der Waals surface area contributed by atoms with E-state index in [1.54, 1.807) is 4.31 Å². The minimum absolute atomic E-state index is 0.0203. The van der Waals surface area contributed by atoms with Crippen LogP contribution in [-0.4, -0.2) is 57.2 Å². The molecule has 1 fully saturated rings. The molecular formula is C14H28N2O4S. The van der Waals surface area contributed by atoms with Crippen LogP contribution in [0.25, 0.3) is 0 Å². The van der Waals surface area contributed by atoms with Crippen molar-refractivity contribution in [3.63, 3.8) is 0 Å². The van der Waals surface area contributed by atoms with Gasteiger partial charge in [-0.05, 0) is 31.7 Å². The SMILES string of the molecule is COC(=O)CCCS(=O)(=O)N1CCCC(CNC(C)C)C1. The number of nitrogens with one attached hydrogen (secondary N) is 1. The molecule has 0 bridgehead atoms. The van der Waals surface area contributed by atoms with E-state index < -0.39 is 10.0 Å². The molecule has 21 heavy (non-hydrogen) atoms. The zero-order chi connectivity index (χ0) is 15.9. The molecule has 0 aromatic carbocycles. The lowest BCUT2D eigenvalue weighted by Crippen LogP contribution is -2.44. The van der Waals surface area contributed by atoms with E-state index in [1.165, 1.54) is 7.11 Å². The summed E-state index contributed by atoms with van der Waals surface area (Å²) in [6.07, 6.45) is 2.44. The zero-order valence-corrected chi connectivity index (χ0v) is 14.1. The Morgan fingerprint density at radius 2 is 2.14 bits per heavy atom. The van der Waals surface area contributed by atoms with Gasteiger partial charge >= 0.3 is 5.97 Å². The van der Waals surface area contributed by atoms with Gasteiger partial charge in [0.05, 0.1) is 12.9 Å². The summed E-state index contributed by atoms with van der Waals surface area (Å²) in [7, 11) is -1.95. The van der Waals surface area contributed by atoms with Gasteiger partial charge in [-0.1, -0.05) is 13.8 Å². The Morgan fingerprint density at radius 1 is 1.43 bits per heavy atom. The van der Waals surface area contributed by atoms with Crippen LogP contribution < -0.4 is 5.32 Å². The first-order valence-corrected chi connectivity index (χ1v) is 9.24. The molecule has 0 radical (unpaired) electrons. The maximum atomic E-state index is 12.3. The summed E-state index contributed by atoms with van der Waals surface area (Å²) in [4.78, 5) is 11.0. The van der Waals surface area contributed by atoms with Gasteiger partial charge in [-0.25, -0.2) is 12.7 Å². The van der Waals surface area contributed by atoms with Crippen LogP contribution in [-0.2, 0) is 19.6 Å². The molecule has 0 aromatic heterocycles.